The van der Waals surface area contributed by atoms with Crippen LogP contribution in [0.2, 0.25) is 0 Å². The summed E-state index contributed by atoms with van der Waals surface area (Å²) in [5, 5.41) is 8.79. The Hall–Kier alpha value is -2.80. The van der Waals surface area contributed by atoms with Gasteiger partial charge in [0.2, 0.25) is 0 Å². The molecule has 4 rings (SSSR count). The van der Waals surface area contributed by atoms with Crippen molar-refractivity contribution in [3.8, 4) is 0 Å². The van der Waals surface area contributed by atoms with E-state index < -0.39 is 0 Å². The van der Waals surface area contributed by atoms with E-state index in [2.05, 4.69) is 97.2 Å². The van der Waals surface area contributed by atoms with Crippen LogP contribution in [-0.4, -0.2) is 0 Å². The molecule has 0 saturated heterocycles. The first-order chi connectivity index (χ1) is 11.3. The predicted octanol–water partition coefficient (Wildman–Crippen LogP) is 6.17. The van der Waals surface area contributed by atoms with Gasteiger partial charge in [0.1, 0.15) is 0 Å². The van der Waals surface area contributed by atoms with Gasteiger partial charge in [-0.2, -0.15) is 0 Å². The summed E-state index contributed by atoms with van der Waals surface area (Å²) in [4.78, 5) is 0. The fraction of sp³-hybridized carbons (Fsp3) is 0.0909. The summed E-state index contributed by atoms with van der Waals surface area (Å²) < 4.78 is 0. The Kier molecular flexibility index (Phi) is 3.47. The summed E-state index contributed by atoms with van der Waals surface area (Å²) in [5.74, 6) is 0. The Balaban J connectivity index is 1.69. The van der Waals surface area contributed by atoms with Gasteiger partial charge in [-0.3, -0.25) is 0 Å². The molecule has 0 amide bonds. The Bertz CT molecular complexity index is 966. The maximum atomic E-state index is 3.64. The summed E-state index contributed by atoms with van der Waals surface area (Å²) in [6.45, 7) is 2.22. The Morgan fingerprint density at radius 2 is 1.35 bits per heavy atom. The van der Waals surface area contributed by atoms with Gasteiger partial charge in [-0.15, -0.1) is 0 Å². The molecule has 4 aromatic rings. The number of hydrogen-bond donors (Lipinski definition) is 1. The van der Waals surface area contributed by atoms with Crippen LogP contribution in [0.5, 0.6) is 0 Å². The zero-order valence-electron chi connectivity index (χ0n) is 13.2. The smallest absolute Gasteiger partial charge is 0.0491 e. The first-order valence-electron chi connectivity index (χ1n) is 8.04. The topological polar surface area (TPSA) is 12.0 Å². The minimum absolute atomic E-state index is 0.252. The number of benzene rings is 4. The van der Waals surface area contributed by atoms with Crippen LogP contribution in [0.1, 0.15) is 18.5 Å². The quantitative estimate of drug-likeness (QED) is 0.477. The Morgan fingerprint density at radius 3 is 2.22 bits per heavy atom. The second-order valence-electron chi connectivity index (χ2n) is 6.00. The van der Waals surface area contributed by atoms with Crippen molar-refractivity contribution in [3.05, 3.63) is 90.5 Å². The molecule has 0 fully saturated rings. The number of fused-ring (bicyclic) bond motifs is 2. The van der Waals surface area contributed by atoms with Crippen molar-refractivity contribution < 1.29 is 0 Å². The van der Waals surface area contributed by atoms with E-state index >= 15 is 0 Å². The molecule has 0 spiro atoms. The molecule has 0 unspecified atom stereocenters. The largest absolute Gasteiger partial charge is 0.378 e. The predicted molar refractivity (Wildman–Crippen MR) is 99.9 cm³/mol. The third-order valence-electron chi connectivity index (χ3n) is 4.42. The van der Waals surface area contributed by atoms with Crippen LogP contribution in [0, 0.1) is 0 Å². The molecule has 1 nitrogen and oxygen atoms in total. The number of anilines is 1. The highest BCUT2D eigenvalue weighted by Gasteiger charge is 2.09. The molecule has 112 valence electrons. The van der Waals surface area contributed by atoms with E-state index in [9.17, 15) is 0 Å². The highest BCUT2D eigenvalue weighted by molar-refractivity contribution is 5.87. The van der Waals surface area contributed by atoms with Crippen LogP contribution in [0.4, 0.5) is 5.69 Å². The monoisotopic (exact) mass is 297 g/mol. The molecular formula is C22H19N. The lowest BCUT2D eigenvalue weighted by Gasteiger charge is -2.18. The maximum Gasteiger partial charge on any atom is 0.0491 e. The van der Waals surface area contributed by atoms with Gasteiger partial charge in [-0.25, -0.2) is 0 Å². The molecule has 0 saturated carbocycles. The fourth-order valence-corrected chi connectivity index (χ4v) is 3.23. The SMILES string of the molecule is C[C@H](Nc1ccc2ccccc2c1)c1cccc2ccccc12. The molecule has 1 N–H and O–H groups in total. The highest BCUT2D eigenvalue weighted by Crippen LogP contribution is 2.28. The average Bonchev–Trinajstić information content (AvgIpc) is 2.61. The summed E-state index contributed by atoms with van der Waals surface area (Å²) in [6.07, 6.45) is 0. The fourth-order valence-electron chi connectivity index (χ4n) is 3.23. The molecule has 0 heterocycles. The van der Waals surface area contributed by atoms with E-state index in [1.807, 2.05) is 0 Å². The van der Waals surface area contributed by atoms with Crippen molar-refractivity contribution in [2.75, 3.05) is 5.32 Å². The number of nitrogens with one attached hydrogen (secondary N) is 1. The summed E-state index contributed by atoms with van der Waals surface area (Å²) in [7, 11) is 0. The molecule has 1 heteroatoms. The zero-order chi connectivity index (χ0) is 15.6. The zero-order valence-corrected chi connectivity index (χ0v) is 13.2. The molecule has 0 aliphatic carbocycles. The molecule has 1 atom stereocenters. The van der Waals surface area contributed by atoms with Gasteiger partial charge in [-0.1, -0.05) is 72.8 Å². The van der Waals surface area contributed by atoms with E-state index in [0.29, 0.717) is 0 Å². The van der Waals surface area contributed by atoms with Crippen LogP contribution in [-0.2, 0) is 0 Å². The molecule has 0 radical (unpaired) electrons. The van der Waals surface area contributed by atoms with E-state index in [4.69, 9.17) is 0 Å². The maximum absolute atomic E-state index is 3.64. The van der Waals surface area contributed by atoms with Gasteiger partial charge in [0.25, 0.3) is 0 Å². The third kappa shape index (κ3) is 2.66. The second-order valence-corrected chi connectivity index (χ2v) is 6.00. The van der Waals surface area contributed by atoms with E-state index in [0.717, 1.165) is 5.69 Å². The third-order valence-corrected chi connectivity index (χ3v) is 4.42. The van der Waals surface area contributed by atoms with Crippen molar-refractivity contribution in [2.24, 2.45) is 0 Å². The summed E-state index contributed by atoms with van der Waals surface area (Å²) in [5.41, 5.74) is 2.49. The lowest BCUT2D eigenvalue weighted by molar-refractivity contribution is 0.895. The molecule has 0 aromatic heterocycles. The van der Waals surface area contributed by atoms with Gasteiger partial charge in [0.15, 0.2) is 0 Å². The molecule has 4 aromatic carbocycles. The van der Waals surface area contributed by atoms with Crippen molar-refractivity contribution >= 4 is 27.2 Å². The molecule has 23 heavy (non-hydrogen) atoms. The van der Waals surface area contributed by atoms with Crippen molar-refractivity contribution in [2.45, 2.75) is 13.0 Å². The van der Waals surface area contributed by atoms with Gasteiger partial charge >= 0.3 is 0 Å². The van der Waals surface area contributed by atoms with E-state index in [-0.39, 0.29) is 6.04 Å². The first kappa shape index (κ1) is 13.8. The van der Waals surface area contributed by atoms with Crippen LogP contribution in [0.15, 0.2) is 84.9 Å². The Labute approximate surface area is 136 Å². The van der Waals surface area contributed by atoms with E-state index in [1.54, 1.807) is 0 Å². The number of hydrogen-bond acceptors (Lipinski definition) is 1. The number of rotatable bonds is 3. The van der Waals surface area contributed by atoms with Crippen molar-refractivity contribution in [1.82, 2.24) is 0 Å². The molecule has 0 aliphatic rings. The highest BCUT2D eigenvalue weighted by atomic mass is 14.9. The molecule has 0 aliphatic heterocycles. The minimum atomic E-state index is 0.252. The first-order valence-corrected chi connectivity index (χ1v) is 8.04. The Morgan fingerprint density at radius 1 is 0.652 bits per heavy atom. The van der Waals surface area contributed by atoms with Crippen LogP contribution < -0.4 is 5.32 Å². The van der Waals surface area contributed by atoms with Crippen LogP contribution in [0.25, 0.3) is 21.5 Å². The molecular weight excluding hydrogens is 278 g/mol. The second kappa shape index (κ2) is 5.77. The van der Waals surface area contributed by atoms with E-state index in [1.165, 1.54) is 27.1 Å². The summed E-state index contributed by atoms with van der Waals surface area (Å²) >= 11 is 0. The van der Waals surface area contributed by atoms with Gasteiger partial charge in [0.05, 0.1) is 0 Å². The average molecular weight is 297 g/mol. The minimum Gasteiger partial charge on any atom is -0.378 e. The standard InChI is InChI=1S/C22H19N/c1-16(21-12-6-10-18-8-4-5-11-22(18)21)23-20-14-13-17-7-2-3-9-19(17)15-20/h2-16,23H,1H3/t16-/m0/s1. The van der Waals surface area contributed by atoms with Crippen LogP contribution in [0.3, 0.4) is 0 Å². The van der Waals surface area contributed by atoms with Crippen molar-refractivity contribution in [3.63, 3.8) is 0 Å². The molecule has 0 bridgehead atoms. The lowest BCUT2D eigenvalue weighted by atomic mass is 9.99. The summed E-state index contributed by atoms with van der Waals surface area (Å²) in [6, 6.07) is 30.3. The van der Waals surface area contributed by atoms with Gasteiger partial charge in [0, 0.05) is 11.7 Å². The van der Waals surface area contributed by atoms with Crippen LogP contribution >= 0.6 is 0 Å². The van der Waals surface area contributed by atoms with Crippen molar-refractivity contribution in [1.29, 1.82) is 0 Å². The normalized spacial score (nSPS) is 12.4. The van der Waals surface area contributed by atoms with Gasteiger partial charge < -0.3 is 5.32 Å². The lowest BCUT2D eigenvalue weighted by Crippen LogP contribution is -2.07. The van der Waals surface area contributed by atoms with Gasteiger partial charge in [-0.05, 0) is 46.2 Å².